The Morgan fingerprint density at radius 3 is 2.26 bits per heavy atom. The summed E-state index contributed by atoms with van der Waals surface area (Å²) in [5.74, 6) is -3.93. The number of ether oxygens (including phenoxy) is 4. The fourth-order valence-electron chi connectivity index (χ4n) is 7.18. The first-order valence-electron chi connectivity index (χ1n) is 17.9. The molecule has 0 aromatic heterocycles. The Morgan fingerprint density at radius 2 is 1.66 bits per heavy atom. The van der Waals surface area contributed by atoms with E-state index in [9.17, 15) is 25.2 Å². The maximum absolute atomic E-state index is 13.4. The number of hydrogen-bond acceptors (Lipinski definition) is 11. The molecule has 0 aliphatic carbocycles. The largest absolute Gasteiger partial charge is 0.525 e. The quantitative estimate of drug-likeness (QED) is 0.136. The zero-order valence-electron chi connectivity index (χ0n) is 32.7. The third-order valence-corrected chi connectivity index (χ3v) is 10.5. The number of aliphatic hydroxyl groups excluding tert-OH is 2. The number of aromatic hydroxyl groups is 2. The number of allylic oxidation sites excluding steroid dienone is 2. The number of amides is 1. The van der Waals surface area contributed by atoms with E-state index in [0.29, 0.717) is 34.1 Å². The molecule has 53 heavy (non-hydrogen) atoms. The number of benzene rings is 2. The van der Waals surface area contributed by atoms with Crippen molar-refractivity contribution in [1.82, 2.24) is 0 Å². The number of fused-ring (bicyclic) bond motifs is 14. The van der Waals surface area contributed by atoms with E-state index in [0.717, 1.165) is 0 Å². The van der Waals surface area contributed by atoms with Gasteiger partial charge >= 0.3 is 0 Å². The third kappa shape index (κ3) is 8.79. The summed E-state index contributed by atoms with van der Waals surface area (Å²) < 4.78 is 24.5. The minimum absolute atomic E-state index is 0. The van der Waals surface area contributed by atoms with Crippen LogP contribution in [0.1, 0.15) is 72.1 Å². The van der Waals surface area contributed by atoms with E-state index in [1.54, 1.807) is 73.1 Å². The van der Waals surface area contributed by atoms with Crippen molar-refractivity contribution in [3.05, 3.63) is 58.9 Å². The van der Waals surface area contributed by atoms with Gasteiger partial charge in [-0.05, 0) is 44.2 Å². The summed E-state index contributed by atoms with van der Waals surface area (Å²) in [6, 6.07) is 3.32. The second kappa shape index (κ2) is 18.6. The molecule has 2 aromatic rings. The van der Waals surface area contributed by atoms with Gasteiger partial charge in [0.15, 0.2) is 0 Å². The van der Waals surface area contributed by atoms with Crippen LogP contribution in [0.15, 0.2) is 41.3 Å². The molecule has 3 heterocycles. The van der Waals surface area contributed by atoms with E-state index in [1.807, 2.05) is 27.7 Å². The second-order valence-electron chi connectivity index (χ2n) is 14.0. The van der Waals surface area contributed by atoms with Crippen LogP contribution in [0.2, 0.25) is 0 Å². The monoisotopic (exact) mass is 812 g/mol. The number of anilines is 1. The first-order chi connectivity index (χ1) is 24.6. The maximum atomic E-state index is 13.4. The van der Waals surface area contributed by atoms with Crippen molar-refractivity contribution in [2.75, 3.05) is 26.1 Å². The van der Waals surface area contributed by atoms with Crippen LogP contribution in [0.3, 0.4) is 0 Å². The molecule has 1 radical (unpaired) electrons. The molecule has 0 spiro atoms. The van der Waals surface area contributed by atoms with Crippen molar-refractivity contribution < 1.29 is 81.7 Å². The number of methoxy groups -OCH3 is 2. The topological polar surface area (TPSA) is 169 Å². The molecule has 0 fully saturated rings. The normalized spacial score (nSPS) is 32.7. The Morgan fingerprint density at radius 1 is 0.981 bits per heavy atom. The smallest absolute Gasteiger partial charge is 0.285 e. The van der Waals surface area contributed by atoms with Crippen molar-refractivity contribution in [3.63, 3.8) is 0 Å². The molecule has 5 N–H and O–H groups in total. The van der Waals surface area contributed by atoms with Gasteiger partial charge in [-0.2, -0.15) is 0 Å². The van der Waals surface area contributed by atoms with E-state index in [4.69, 9.17) is 23.8 Å². The Labute approximate surface area is 338 Å². The number of nitrogens with one attached hydrogen (secondary N) is 1. The Bertz CT molecular complexity index is 1760. The molecule has 289 valence electrons. The van der Waals surface area contributed by atoms with Crippen LogP contribution in [0.25, 0.3) is 10.8 Å². The van der Waals surface area contributed by atoms with E-state index < -0.39 is 47.9 Å². The minimum atomic E-state index is -1.56. The van der Waals surface area contributed by atoms with E-state index in [-0.39, 0.29) is 85.2 Å². The summed E-state index contributed by atoms with van der Waals surface area (Å²) in [6.45, 7) is 16.3. The number of rotatable bonds is 5. The van der Waals surface area contributed by atoms with Crippen LogP contribution in [0, 0.1) is 36.7 Å². The Hall–Kier alpha value is -3.00. The zero-order chi connectivity index (χ0) is 38.7. The van der Waals surface area contributed by atoms with E-state index in [2.05, 4.69) is 16.5 Å². The standard InChI is InChI=1S/C40H55N2O10.Y/c1-12-26-19-27-29-34(45)25(8)37-30(27)38(42-51-13-2)40(9,52-37)50-18-17-28(48-10)22(5)36(49-11)24(7)33(44)23(6)32(43)20(3)15-14-16-21(4)39(47)41-31(26)35(29)46;/h14-18,20,22-24,28,32-33,36,43-46H,12-13H2,1-11H3,(H,41,47);/q-1;/b15-14+,18-17+,21-16-,42-38-;/t20-,22+,23+,24+,28-,32-,33+,36+,40-;/m0./s1. The molecule has 2 aromatic carbocycles. The van der Waals surface area contributed by atoms with Crippen LogP contribution < -0.4 is 10.1 Å². The van der Waals surface area contributed by atoms with Crippen molar-refractivity contribution in [1.29, 1.82) is 0 Å². The van der Waals surface area contributed by atoms with Gasteiger partial charge in [-0.3, -0.25) is 4.79 Å². The van der Waals surface area contributed by atoms with Gasteiger partial charge in [-0.1, -0.05) is 58.0 Å². The van der Waals surface area contributed by atoms with Crippen molar-refractivity contribution in [2.45, 2.75) is 98.9 Å². The van der Waals surface area contributed by atoms with Crippen LogP contribution >= 0.6 is 0 Å². The Balaban J connectivity index is 0.00000756. The van der Waals surface area contributed by atoms with Crippen LogP contribution in [0.4, 0.5) is 5.69 Å². The molecule has 0 saturated carbocycles. The SMILES string of the molecule is CCO/N=C1/c2c3c(C)c(O)c4c(O)c(c(CC)[c-]c24)NC(=O)/C(C)=C\C=C\[C@H](C)[C@H](O)[C@@H](C)[C@@H](O)[C@@H](C)[C@H](OC)[C@H](C)[C@@H](OC)/C=C/O[C@@]1(C)O3.[Y]. The van der Waals surface area contributed by atoms with Crippen LogP contribution in [-0.4, -0.2) is 83.1 Å². The van der Waals surface area contributed by atoms with Crippen molar-refractivity contribution >= 4 is 28.1 Å². The average Bonchev–Trinajstić information content (AvgIpc) is 3.42. The molecule has 1 amide bonds. The summed E-state index contributed by atoms with van der Waals surface area (Å²) in [6.07, 6.45) is 5.77. The predicted molar refractivity (Wildman–Crippen MR) is 199 cm³/mol. The number of oxime groups is 1. The number of hydrogen-bond donors (Lipinski definition) is 5. The fourth-order valence-corrected chi connectivity index (χ4v) is 7.18. The Kier molecular flexibility index (Phi) is 15.5. The van der Waals surface area contributed by atoms with Gasteiger partial charge in [0.25, 0.3) is 5.79 Å². The second-order valence-corrected chi connectivity index (χ2v) is 14.0. The predicted octanol–water partition coefficient (Wildman–Crippen LogP) is 6.05. The van der Waals surface area contributed by atoms with Gasteiger partial charge in [0.05, 0.1) is 47.9 Å². The first-order valence-corrected chi connectivity index (χ1v) is 17.9. The number of nitrogens with zero attached hydrogens (tertiary/aromatic N) is 1. The molecular weight excluding hydrogens is 757 g/mol. The van der Waals surface area contributed by atoms with Crippen LogP contribution in [0.5, 0.6) is 17.2 Å². The molecule has 3 aliphatic heterocycles. The first kappa shape index (κ1) is 44.4. The third-order valence-electron chi connectivity index (χ3n) is 10.5. The summed E-state index contributed by atoms with van der Waals surface area (Å²) in [5.41, 5.74) is 1.89. The number of phenols is 2. The minimum Gasteiger partial charge on any atom is -0.525 e. The molecule has 13 heteroatoms. The molecule has 0 unspecified atom stereocenters. The summed E-state index contributed by atoms with van der Waals surface area (Å²) in [4.78, 5) is 19.0. The van der Waals surface area contributed by atoms with Gasteiger partial charge < -0.3 is 49.5 Å². The van der Waals surface area contributed by atoms with Gasteiger partial charge in [0.2, 0.25) is 5.91 Å². The van der Waals surface area contributed by atoms with E-state index >= 15 is 0 Å². The van der Waals surface area contributed by atoms with Gasteiger partial charge in [-0.15, -0.1) is 17.0 Å². The van der Waals surface area contributed by atoms with Crippen molar-refractivity contribution in [3.8, 4) is 17.2 Å². The number of phenolic OH excluding ortho intramolecular Hbond substituents is 2. The average molecular weight is 813 g/mol. The summed E-state index contributed by atoms with van der Waals surface area (Å²) >= 11 is 0. The molecule has 5 rings (SSSR count). The van der Waals surface area contributed by atoms with Crippen LogP contribution in [-0.2, 0) is 63.0 Å². The number of carbonyl (C=O) groups excluding carboxylic acids is 1. The number of aryl methyl sites for hydroxylation is 1. The molecule has 3 aliphatic rings. The molecular formula is C40H55N2O10Y-. The molecule has 12 nitrogen and oxygen atoms in total. The number of carbonyl (C=O) groups is 1. The van der Waals surface area contributed by atoms with Gasteiger partial charge in [0.1, 0.15) is 12.3 Å². The van der Waals surface area contributed by atoms with Gasteiger partial charge in [0, 0.05) is 94.3 Å². The summed E-state index contributed by atoms with van der Waals surface area (Å²) in [5, 5.41) is 53.5. The van der Waals surface area contributed by atoms with E-state index in [1.165, 1.54) is 6.26 Å². The van der Waals surface area contributed by atoms with Gasteiger partial charge in [-0.25, -0.2) is 0 Å². The number of aliphatic hydroxyl groups is 2. The fraction of sp³-hybridized carbons (Fsp3) is 0.550. The zero-order valence-corrected chi connectivity index (χ0v) is 35.5. The molecule has 0 saturated heterocycles. The maximum Gasteiger partial charge on any atom is 0.285 e. The molecule has 5 bridgehead atoms. The molecule has 9 atom stereocenters. The van der Waals surface area contributed by atoms with Crippen molar-refractivity contribution in [2.24, 2.45) is 28.8 Å². The summed E-state index contributed by atoms with van der Waals surface area (Å²) in [7, 11) is 3.15.